The van der Waals surface area contributed by atoms with Crippen molar-refractivity contribution in [1.82, 2.24) is 4.57 Å². The molecule has 0 unspecified atom stereocenters. The first-order chi connectivity index (χ1) is 10.6. The van der Waals surface area contributed by atoms with Gasteiger partial charge in [0, 0.05) is 35.6 Å². The smallest absolute Gasteiger partial charge is 0.231 e. The van der Waals surface area contributed by atoms with Crippen LogP contribution in [0.2, 0.25) is 5.02 Å². The third-order valence-corrected chi connectivity index (χ3v) is 4.72. The largest absolute Gasteiger partial charge is 0.343 e. The summed E-state index contributed by atoms with van der Waals surface area (Å²) in [7, 11) is 3.87. The Kier molecular flexibility index (Phi) is 2.81. The Morgan fingerprint density at radius 3 is 2.68 bits per heavy atom. The molecule has 2 heterocycles. The summed E-state index contributed by atoms with van der Waals surface area (Å²) in [6, 6.07) is 13.9. The number of hydrogen-bond donors (Lipinski definition) is 0. The maximum absolute atomic E-state index is 12.6. The van der Waals surface area contributed by atoms with Crippen molar-refractivity contribution in [3.63, 3.8) is 0 Å². The Hall–Kier alpha value is -2.26. The Labute approximate surface area is 133 Å². The predicted octanol–water partition coefficient (Wildman–Crippen LogP) is 4.02. The number of aromatic nitrogens is 1. The number of amides is 1. The molecule has 2 aromatic carbocycles. The number of fused-ring (bicyclic) bond motifs is 5. The maximum atomic E-state index is 12.6. The molecule has 0 atom stereocenters. The van der Waals surface area contributed by atoms with E-state index in [-0.39, 0.29) is 5.91 Å². The first-order valence-electron chi connectivity index (χ1n) is 7.20. The average Bonchev–Trinajstić information content (AvgIpc) is 2.73. The fourth-order valence-corrected chi connectivity index (χ4v) is 3.56. The van der Waals surface area contributed by atoms with Gasteiger partial charge in [-0.25, -0.2) is 0 Å². The number of anilines is 1. The Balaban J connectivity index is 2.17. The molecule has 0 fully saturated rings. The summed E-state index contributed by atoms with van der Waals surface area (Å²) in [6.45, 7) is 0. The number of benzene rings is 2. The van der Waals surface area contributed by atoms with Gasteiger partial charge in [-0.2, -0.15) is 0 Å². The molecule has 1 aliphatic rings. The quantitative estimate of drug-likeness (QED) is 0.615. The second-order valence-electron chi connectivity index (χ2n) is 5.69. The van der Waals surface area contributed by atoms with E-state index < -0.39 is 0 Å². The van der Waals surface area contributed by atoms with Crippen molar-refractivity contribution >= 4 is 34.1 Å². The minimum Gasteiger partial charge on any atom is -0.343 e. The van der Waals surface area contributed by atoms with Crippen LogP contribution in [0.15, 0.2) is 42.5 Å². The zero-order chi connectivity index (χ0) is 15.4. The molecular formula is C18H15ClN2O. The van der Waals surface area contributed by atoms with Crippen molar-refractivity contribution in [3.05, 3.63) is 53.1 Å². The lowest BCUT2D eigenvalue weighted by Crippen LogP contribution is -2.26. The number of nitrogens with zero attached hydrogens (tertiary/aromatic N) is 2. The lowest BCUT2D eigenvalue weighted by Gasteiger charge is -2.18. The molecule has 3 aromatic rings. The topological polar surface area (TPSA) is 25.2 Å². The van der Waals surface area contributed by atoms with E-state index in [1.54, 1.807) is 4.90 Å². The van der Waals surface area contributed by atoms with Crippen molar-refractivity contribution in [2.24, 2.45) is 7.05 Å². The summed E-state index contributed by atoms with van der Waals surface area (Å²) in [5.41, 5.74) is 5.21. The molecule has 1 aromatic heterocycles. The predicted molar refractivity (Wildman–Crippen MR) is 90.5 cm³/mol. The molecule has 0 saturated carbocycles. The van der Waals surface area contributed by atoms with Crippen LogP contribution in [0.25, 0.3) is 22.2 Å². The van der Waals surface area contributed by atoms with E-state index >= 15 is 0 Å². The van der Waals surface area contributed by atoms with Gasteiger partial charge < -0.3 is 9.47 Å². The van der Waals surface area contributed by atoms with Gasteiger partial charge in [0.15, 0.2) is 0 Å². The fourth-order valence-electron chi connectivity index (χ4n) is 3.39. The minimum absolute atomic E-state index is 0.0960. The molecule has 0 radical (unpaired) electrons. The lowest BCUT2D eigenvalue weighted by molar-refractivity contribution is -0.117. The number of likely N-dealkylation sites (N-methyl/N-ethyl adjacent to an activating group) is 1. The van der Waals surface area contributed by atoms with Crippen molar-refractivity contribution in [3.8, 4) is 11.3 Å². The monoisotopic (exact) mass is 310 g/mol. The van der Waals surface area contributed by atoms with Crippen LogP contribution in [0, 0.1) is 0 Å². The molecule has 4 rings (SSSR count). The van der Waals surface area contributed by atoms with Crippen molar-refractivity contribution < 1.29 is 4.79 Å². The fraction of sp³-hybridized carbons (Fsp3) is 0.167. The number of rotatable bonds is 0. The number of aryl methyl sites for hydroxylation is 1. The van der Waals surface area contributed by atoms with Crippen LogP contribution < -0.4 is 4.90 Å². The summed E-state index contributed by atoms with van der Waals surface area (Å²) >= 11 is 6.22. The Bertz CT molecular complexity index is 926. The summed E-state index contributed by atoms with van der Waals surface area (Å²) < 4.78 is 2.16. The zero-order valence-electron chi connectivity index (χ0n) is 12.4. The zero-order valence-corrected chi connectivity index (χ0v) is 13.2. The van der Waals surface area contributed by atoms with Crippen LogP contribution in [-0.2, 0) is 18.3 Å². The number of halogens is 1. The van der Waals surface area contributed by atoms with E-state index in [9.17, 15) is 4.79 Å². The number of carbonyl (C=O) groups excluding carboxylic acids is 1. The molecule has 3 nitrogen and oxygen atoms in total. The molecular weight excluding hydrogens is 296 g/mol. The molecule has 110 valence electrons. The molecule has 1 amide bonds. The van der Waals surface area contributed by atoms with Crippen molar-refractivity contribution in [2.75, 3.05) is 11.9 Å². The van der Waals surface area contributed by atoms with Crippen molar-refractivity contribution in [2.45, 2.75) is 6.42 Å². The molecule has 4 heteroatoms. The third kappa shape index (κ3) is 1.72. The van der Waals surface area contributed by atoms with Gasteiger partial charge in [0.25, 0.3) is 0 Å². The van der Waals surface area contributed by atoms with E-state index in [4.69, 9.17) is 11.6 Å². The molecule has 22 heavy (non-hydrogen) atoms. The first kappa shape index (κ1) is 13.4. The molecule has 0 N–H and O–H groups in total. The van der Waals surface area contributed by atoms with Crippen LogP contribution in [0.3, 0.4) is 0 Å². The SMILES string of the molecule is CN1C(=O)Cc2c(n(C)c3ccccc23)-c2cc(Cl)ccc21. The van der Waals surface area contributed by atoms with E-state index in [1.807, 2.05) is 44.4 Å². The van der Waals surface area contributed by atoms with Gasteiger partial charge >= 0.3 is 0 Å². The number of carbonyl (C=O) groups is 1. The lowest BCUT2D eigenvalue weighted by atomic mass is 10.0. The highest BCUT2D eigenvalue weighted by atomic mass is 35.5. The average molecular weight is 311 g/mol. The molecule has 0 saturated heterocycles. The normalized spacial score (nSPS) is 14.0. The van der Waals surface area contributed by atoms with E-state index in [1.165, 1.54) is 0 Å². The van der Waals surface area contributed by atoms with Gasteiger partial charge in [0.1, 0.15) is 0 Å². The standard InChI is InChI=1S/C18H15ClN2O/c1-20-16-8-7-11(19)9-14(16)18-13(10-17(20)22)12-5-3-4-6-15(12)21(18)2/h3-9H,10H2,1-2H3. The van der Waals surface area contributed by atoms with Gasteiger partial charge in [-0.15, -0.1) is 0 Å². The van der Waals surface area contributed by atoms with E-state index in [2.05, 4.69) is 16.7 Å². The molecule has 0 aliphatic carbocycles. The van der Waals surface area contributed by atoms with Gasteiger partial charge in [0.2, 0.25) is 5.91 Å². The summed E-state index contributed by atoms with van der Waals surface area (Å²) in [5, 5.41) is 1.81. The van der Waals surface area contributed by atoms with Gasteiger partial charge in [-0.05, 0) is 29.8 Å². The Morgan fingerprint density at radius 2 is 1.86 bits per heavy atom. The highest BCUT2D eigenvalue weighted by Gasteiger charge is 2.27. The second kappa shape index (κ2) is 4.62. The summed E-state index contributed by atoms with van der Waals surface area (Å²) in [4.78, 5) is 14.3. The first-order valence-corrected chi connectivity index (χ1v) is 7.58. The van der Waals surface area contributed by atoms with Gasteiger partial charge in [0.05, 0.1) is 17.8 Å². The van der Waals surface area contributed by atoms with Gasteiger partial charge in [-0.1, -0.05) is 29.8 Å². The van der Waals surface area contributed by atoms with Crippen LogP contribution in [-0.4, -0.2) is 17.5 Å². The molecule has 1 aliphatic heterocycles. The van der Waals surface area contributed by atoms with Crippen LogP contribution in [0.5, 0.6) is 0 Å². The van der Waals surface area contributed by atoms with Gasteiger partial charge in [-0.3, -0.25) is 4.79 Å². The van der Waals surface area contributed by atoms with Crippen LogP contribution >= 0.6 is 11.6 Å². The highest BCUT2D eigenvalue weighted by Crippen LogP contribution is 2.41. The van der Waals surface area contributed by atoms with Crippen molar-refractivity contribution in [1.29, 1.82) is 0 Å². The summed E-state index contributed by atoms with van der Waals surface area (Å²) in [5.74, 6) is 0.0960. The van der Waals surface area contributed by atoms with E-state index in [0.717, 1.165) is 33.4 Å². The minimum atomic E-state index is 0.0960. The van der Waals surface area contributed by atoms with Crippen LogP contribution in [0.4, 0.5) is 5.69 Å². The number of para-hydroxylation sites is 1. The van der Waals surface area contributed by atoms with E-state index in [0.29, 0.717) is 11.4 Å². The summed E-state index contributed by atoms with van der Waals surface area (Å²) in [6.07, 6.45) is 0.402. The molecule has 0 bridgehead atoms. The maximum Gasteiger partial charge on any atom is 0.231 e. The molecule has 0 spiro atoms. The second-order valence-corrected chi connectivity index (χ2v) is 6.13. The van der Waals surface area contributed by atoms with Crippen LogP contribution in [0.1, 0.15) is 5.56 Å². The highest BCUT2D eigenvalue weighted by molar-refractivity contribution is 6.31. The Morgan fingerprint density at radius 1 is 1.09 bits per heavy atom. The number of hydrogen-bond acceptors (Lipinski definition) is 1. The third-order valence-electron chi connectivity index (χ3n) is 4.49.